The van der Waals surface area contributed by atoms with Crippen LogP contribution in [0.1, 0.15) is 29.8 Å². The first kappa shape index (κ1) is 21.2. The van der Waals surface area contributed by atoms with Crippen LogP contribution in [0.3, 0.4) is 0 Å². The molecule has 1 heterocycles. The van der Waals surface area contributed by atoms with Crippen LogP contribution in [0.15, 0.2) is 66.3 Å². The standard InChI is InChI=1S/C24H26N4O2S/c1-2-14-28-22(16-30-21-13-12-18-8-6-7-9-19(18)15-21)26-27-24(28)31-17-23(29)25-20-10-4-3-5-11-20/h2-5,10-13,15H,1,6-9,14,16-17H2,(H,25,29). The molecular weight excluding hydrogens is 408 g/mol. The summed E-state index contributed by atoms with van der Waals surface area (Å²) in [4.78, 5) is 12.3. The van der Waals surface area contributed by atoms with Gasteiger partial charge in [0, 0.05) is 12.2 Å². The van der Waals surface area contributed by atoms with Gasteiger partial charge in [0.2, 0.25) is 5.91 Å². The SMILES string of the molecule is C=CCn1c(COc2ccc3c(c2)CCCC3)nnc1SCC(=O)Nc1ccccc1. The summed E-state index contributed by atoms with van der Waals surface area (Å²) in [6.45, 7) is 4.70. The minimum atomic E-state index is -0.0868. The molecule has 7 heteroatoms. The summed E-state index contributed by atoms with van der Waals surface area (Å²) in [5.41, 5.74) is 3.60. The second-order valence-electron chi connectivity index (χ2n) is 7.43. The minimum Gasteiger partial charge on any atom is -0.486 e. The summed E-state index contributed by atoms with van der Waals surface area (Å²) >= 11 is 1.35. The minimum absolute atomic E-state index is 0.0868. The number of nitrogens with zero attached hydrogens (tertiary/aromatic N) is 3. The molecule has 2 aromatic carbocycles. The molecule has 1 aliphatic carbocycles. The van der Waals surface area contributed by atoms with Crippen LogP contribution in [0.2, 0.25) is 0 Å². The van der Waals surface area contributed by atoms with E-state index in [1.807, 2.05) is 41.0 Å². The van der Waals surface area contributed by atoms with Gasteiger partial charge in [-0.25, -0.2) is 0 Å². The molecule has 0 unspecified atom stereocenters. The summed E-state index contributed by atoms with van der Waals surface area (Å²) in [7, 11) is 0. The van der Waals surface area contributed by atoms with Gasteiger partial charge in [-0.2, -0.15) is 0 Å². The molecule has 4 rings (SSSR count). The third-order valence-corrected chi connectivity index (χ3v) is 6.15. The van der Waals surface area contributed by atoms with Crippen molar-refractivity contribution in [2.75, 3.05) is 11.1 Å². The molecule has 0 atom stereocenters. The Labute approximate surface area is 186 Å². The van der Waals surface area contributed by atoms with Gasteiger partial charge in [0.05, 0.1) is 5.75 Å². The third kappa shape index (κ3) is 5.55. The highest BCUT2D eigenvalue weighted by atomic mass is 32.2. The lowest BCUT2D eigenvalue weighted by Crippen LogP contribution is -2.15. The predicted molar refractivity (Wildman–Crippen MR) is 123 cm³/mol. The second kappa shape index (κ2) is 10.3. The van der Waals surface area contributed by atoms with Gasteiger partial charge in [0.15, 0.2) is 11.0 Å². The Morgan fingerprint density at radius 3 is 2.74 bits per heavy atom. The van der Waals surface area contributed by atoms with Crippen molar-refractivity contribution in [2.24, 2.45) is 0 Å². The van der Waals surface area contributed by atoms with Crippen molar-refractivity contribution in [1.29, 1.82) is 0 Å². The number of anilines is 1. The number of carbonyl (C=O) groups is 1. The first-order valence-corrected chi connectivity index (χ1v) is 11.5. The molecule has 160 valence electrons. The van der Waals surface area contributed by atoms with Crippen molar-refractivity contribution >= 4 is 23.4 Å². The van der Waals surface area contributed by atoms with Crippen LogP contribution in [-0.2, 0) is 30.8 Å². The average molecular weight is 435 g/mol. The Kier molecular flexibility index (Phi) is 7.04. The van der Waals surface area contributed by atoms with Crippen LogP contribution >= 0.6 is 11.8 Å². The Hall–Kier alpha value is -3.06. The predicted octanol–water partition coefficient (Wildman–Crippen LogP) is 4.65. The number of amides is 1. The van der Waals surface area contributed by atoms with Crippen molar-refractivity contribution in [3.05, 3.63) is 78.1 Å². The lowest BCUT2D eigenvalue weighted by Gasteiger charge is -2.16. The molecule has 31 heavy (non-hydrogen) atoms. The molecule has 0 radical (unpaired) electrons. The van der Waals surface area contributed by atoms with Crippen molar-refractivity contribution < 1.29 is 9.53 Å². The zero-order valence-electron chi connectivity index (χ0n) is 17.4. The van der Waals surface area contributed by atoms with E-state index in [1.165, 1.54) is 35.7 Å². The van der Waals surface area contributed by atoms with Crippen LogP contribution in [0.5, 0.6) is 5.75 Å². The van der Waals surface area contributed by atoms with Gasteiger partial charge in [0.25, 0.3) is 0 Å². The molecule has 0 fully saturated rings. The number of ether oxygens (including phenoxy) is 1. The van der Waals surface area contributed by atoms with Gasteiger partial charge < -0.3 is 10.1 Å². The summed E-state index contributed by atoms with van der Waals surface area (Å²) in [6, 6.07) is 15.8. The third-order valence-electron chi connectivity index (χ3n) is 5.18. The number of allylic oxidation sites excluding steroid dienone is 1. The van der Waals surface area contributed by atoms with Crippen LogP contribution < -0.4 is 10.1 Å². The van der Waals surface area contributed by atoms with Crippen LogP contribution in [0, 0.1) is 0 Å². The van der Waals surface area contributed by atoms with Crippen LogP contribution in [-0.4, -0.2) is 26.4 Å². The maximum Gasteiger partial charge on any atom is 0.234 e. The number of fused-ring (bicyclic) bond motifs is 1. The number of aryl methyl sites for hydroxylation is 2. The lowest BCUT2D eigenvalue weighted by atomic mass is 9.92. The first-order valence-electron chi connectivity index (χ1n) is 10.5. The molecule has 1 N–H and O–H groups in total. The van der Waals surface area contributed by atoms with Gasteiger partial charge in [-0.05, 0) is 61.1 Å². The number of para-hydroxylation sites is 1. The maximum absolute atomic E-state index is 12.3. The fourth-order valence-corrected chi connectivity index (χ4v) is 4.41. The highest BCUT2D eigenvalue weighted by molar-refractivity contribution is 7.99. The maximum atomic E-state index is 12.3. The van der Waals surface area contributed by atoms with E-state index in [1.54, 1.807) is 6.08 Å². The number of aromatic nitrogens is 3. The fraction of sp³-hybridized carbons (Fsp3) is 0.292. The normalized spacial score (nSPS) is 12.8. The van der Waals surface area contributed by atoms with E-state index in [4.69, 9.17) is 4.74 Å². The van der Waals surface area contributed by atoms with Crippen molar-refractivity contribution in [1.82, 2.24) is 14.8 Å². The molecule has 6 nitrogen and oxygen atoms in total. The second-order valence-corrected chi connectivity index (χ2v) is 8.37. The molecule has 0 aliphatic heterocycles. The van der Waals surface area contributed by atoms with Gasteiger partial charge in [-0.3, -0.25) is 9.36 Å². The number of thioether (sulfide) groups is 1. The monoisotopic (exact) mass is 434 g/mol. The summed E-state index contributed by atoms with van der Waals surface area (Å²) < 4.78 is 7.95. The molecule has 0 bridgehead atoms. The fourth-order valence-electron chi connectivity index (χ4n) is 3.64. The Bertz CT molecular complexity index is 1050. The molecule has 1 amide bonds. The van der Waals surface area contributed by atoms with Gasteiger partial charge in [-0.15, -0.1) is 16.8 Å². The number of rotatable bonds is 9. The molecule has 3 aromatic rings. The van der Waals surface area contributed by atoms with E-state index in [0.717, 1.165) is 24.3 Å². The molecule has 1 aliphatic rings. The highest BCUT2D eigenvalue weighted by Gasteiger charge is 2.15. The van der Waals surface area contributed by atoms with Gasteiger partial charge in [0.1, 0.15) is 12.4 Å². The quantitative estimate of drug-likeness (QED) is 0.392. The van der Waals surface area contributed by atoms with Crippen LogP contribution in [0.4, 0.5) is 5.69 Å². The average Bonchev–Trinajstić information content (AvgIpc) is 3.18. The Morgan fingerprint density at radius 2 is 1.94 bits per heavy atom. The number of carbonyl (C=O) groups excluding carboxylic acids is 1. The largest absolute Gasteiger partial charge is 0.486 e. The molecule has 0 saturated heterocycles. The summed E-state index contributed by atoms with van der Waals surface area (Å²) in [5.74, 6) is 1.72. The van der Waals surface area contributed by atoms with E-state index in [9.17, 15) is 4.79 Å². The molecule has 0 spiro atoms. The molecular formula is C24H26N4O2S. The number of benzene rings is 2. The first-order chi connectivity index (χ1) is 15.2. The van der Waals surface area contributed by atoms with Crippen LogP contribution in [0.25, 0.3) is 0 Å². The zero-order valence-corrected chi connectivity index (χ0v) is 18.2. The lowest BCUT2D eigenvalue weighted by molar-refractivity contribution is -0.113. The van der Waals surface area contributed by atoms with E-state index in [0.29, 0.717) is 24.1 Å². The van der Waals surface area contributed by atoms with Gasteiger partial charge in [-0.1, -0.05) is 42.1 Å². The zero-order chi connectivity index (χ0) is 21.5. The molecule has 1 aromatic heterocycles. The van der Waals surface area contributed by atoms with E-state index in [-0.39, 0.29) is 11.7 Å². The topological polar surface area (TPSA) is 69.0 Å². The summed E-state index contributed by atoms with van der Waals surface area (Å²) in [5, 5.41) is 12.1. The highest BCUT2D eigenvalue weighted by Crippen LogP contribution is 2.26. The van der Waals surface area contributed by atoms with E-state index < -0.39 is 0 Å². The van der Waals surface area contributed by atoms with Crippen molar-refractivity contribution in [3.8, 4) is 5.75 Å². The van der Waals surface area contributed by atoms with Crippen molar-refractivity contribution in [2.45, 2.75) is 44.0 Å². The number of nitrogens with one attached hydrogen (secondary N) is 1. The molecule has 0 saturated carbocycles. The Morgan fingerprint density at radius 1 is 1.13 bits per heavy atom. The van der Waals surface area contributed by atoms with E-state index >= 15 is 0 Å². The van der Waals surface area contributed by atoms with Gasteiger partial charge >= 0.3 is 0 Å². The Balaban J connectivity index is 1.37. The summed E-state index contributed by atoms with van der Waals surface area (Å²) in [6.07, 6.45) is 6.57. The number of hydrogen-bond acceptors (Lipinski definition) is 5. The van der Waals surface area contributed by atoms with Crippen molar-refractivity contribution in [3.63, 3.8) is 0 Å². The smallest absolute Gasteiger partial charge is 0.234 e. The van der Waals surface area contributed by atoms with E-state index in [2.05, 4.69) is 34.2 Å². The number of hydrogen-bond donors (Lipinski definition) is 1.